The second kappa shape index (κ2) is 9.42. The quantitative estimate of drug-likeness (QED) is 0.578. The third kappa shape index (κ3) is 5.06. The summed E-state index contributed by atoms with van der Waals surface area (Å²) in [4.78, 5) is 0. The van der Waals surface area contributed by atoms with Gasteiger partial charge < -0.3 is 30.2 Å². The predicted octanol–water partition coefficient (Wildman–Crippen LogP) is 0.347. The first-order valence-electron chi connectivity index (χ1n) is 8.16. The van der Waals surface area contributed by atoms with Gasteiger partial charge in [0.1, 0.15) is 18.3 Å². The van der Waals surface area contributed by atoms with Gasteiger partial charge in [-0.3, -0.25) is 0 Å². The first-order chi connectivity index (χ1) is 10.6. The zero-order valence-corrected chi connectivity index (χ0v) is 14.0. The topological polar surface area (TPSA) is 94.2 Å². The van der Waals surface area contributed by atoms with E-state index < -0.39 is 24.6 Å². The Labute approximate surface area is 136 Å². The molecule has 130 valence electrons. The maximum Gasteiger partial charge on any atom is 0.186 e. The normalized spacial score (nSPS) is 37.4. The molecular weight excluding hydrogens is 306 g/mol. The number of fused-ring (bicyclic) bond motifs is 6. The Balaban J connectivity index is 1.82. The number of aliphatic hydroxyl groups is 2. The molecule has 3 rings (SSSR count). The summed E-state index contributed by atoms with van der Waals surface area (Å²) in [5, 5.41) is 20.2. The van der Waals surface area contributed by atoms with Gasteiger partial charge in [-0.15, -0.1) is 0 Å². The van der Waals surface area contributed by atoms with E-state index in [9.17, 15) is 10.2 Å². The molecule has 0 saturated carbocycles. The molecular formula is C15H29NO5S. The molecule has 0 aliphatic carbocycles. The minimum absolute atomic E-state index is 0.253. The molecule has 0 amide bonds. The molecule has 3 fully saturated rings. The Kier molecular flexibility index (Phi) is 7.90. The fourth-order valence-corrected chi connectivity index (χ4v) is 4.01. The van der Waals surface area contributed by atoms with Crippen LogP contribution in [0.1, 0.15) is 26.2 Å². The van der Waals surface area contributed by atoms with E-state index >= 15 is 0 Å². The number of ether oxygens (including phenoxy) is 3. The smallest absolute Gasteiger partial charge is 0.186 e. The summed E-state index contributed by atoms with van der Waals surface area (Å²) in [6, 6.07) is 0. The number of nitrogens with two attached hydrogens (primary N) is 1. The van der Waals surface area contributed by atoms with Crippen LogP contribution in [0.25, 0.3) is 0 Å². The molecule has 6 atom stereocenters. The van der Waals surface area contributed by atoms with E-state index in [1.165, 1.54) is 0 Å². The van der Waals surface area contributed by atoms with E-state index in [-0.39, 0.29) is 6.10 Å². The number of thioether (sulfide) groups is 1. The first kappa shape index (κ1) is 18.4. The Bertz CT molecular complexity index is 320. The summed E-state index contributed by atoms with van der Waals surface area (Å²) in [5.74, 6) is 2.38. The molecule has 3 saturated heterocycles. The minimum atomic E-state index is -1.05. The highest BCUT2D eigenvalue weighted by molar-refractivity contribution is 7.99. The fraction of sp³-hybridized carbons (Fsp3) is 1.00. The molecule has 0 aromatic carbocycles. The standard InChI is InChI=1S/C15H29NO5S/c1-10(3-5-16)4-8-22-9-11-14-12(17)13(18)15(21-11)20-7-2-6-19-14/h10-15,17-18H,2-9,16H2,1H3. The van der Waals surface area contributed by atoms with Gasteiger partial charge in [0.05, 0.1) is 12.7 Å². The van der Waals surface area contributed by atoms with Gasteiger partial charge in [-0.1, -0.05) is 6.92 Å². The summed E-state index contributed by atoms with van der Waals surface area (Å²) >= 11 is 1.79. The van der Waals surface area contributed by atoms with Crippen LogP contribution in [0, 0.1) is 5.92 Å². The molecule has 0 aromatic rings. The van der Waals surface area contributed by atoms with Gasteiger partial charge in [-0.25, -0.2) is 0 Å². The number of rotatable bonds is 7. The summed E-state index contributed by atoms with van der Waals surface area (Å²) in [6.07, 6.45) is -0.592. The maximum atomic E-state index is 10.2. The van der Waals surface area contributed by atoms with Gasteiger partial charge in [0.15, 0.2) is 6.29 Å². The van der Waals surface area contributed by atoms with Gasteiger partial charge in [0.2, 0.25) is 0 Å². The number of hydrogen-bond acceptors (Lipinski definition) is 7. The Morgan fingerprint density at radius 3 is 2.73 bits per heavy atom. The first-order valence-corrected chi connectivity index (χ1v) is 9.31. The van der Waals surface area contributed by atoms with Gasteiger partial charge in [0, 0.05) is 12.4 Å². The highest BCUT2D eigenvalue weighted by Gasteiger charge is 2.46. The van der Waals surface area contributed by atoms with Crippen molar-refractivity contribution in [1.29, 1.82) is 0 Å². The van der Waals surface area contributed by atoms with Crippen molar-refractivity contribution in [3.63, 3.8) is 0 Å². The summed E-state index contributed by atoms with van der Waals surface area (Å²) in [7, 11) is 0. The van der Waals surface area contributed by atoms with Crippen molar-refractivity contribution in [2.45, 2.75) is 56.9 Å². The van der Waals surface area contributed by atoms with E-state index in [0.717, 1.165) is 37.3 Å². The van der Waals surface area contributed by atoms with Crippen molar-refractivity contribution in [2.24, 2.45) is 11.7 Å². The van der Waals surface area contributed by atoms with Crippen molar-refractivity contribution >= 4 is 11.8 Å². The average Bonchev–Trinajstić information content (AvgIpc) is 2.63. The zero-order valence-electron chi connectivity index (χ0n) is 13.2. The van der Waals surface area contributed by atoms with Crippen molar-refractivity contribution in [3.05, 3.63) is 0 Å². The Morgan fingerprint density at radius 2 is 1.95 bits per heavy atom. The lowest BCUT2D eigenvalue weighted by atomic mass is 10.00. The molecule has 3 aliphatic rings. The fourth-order valence-electron chi connectivity index (χ4n) is 2.77. The molecule has 4 N–H and O–H groups in total. The van der Waals surface area contributed by atoms with Crippen molar-refractivity contribution in [3.8, 4) is 0 Å². The van der Waals surface area contributed by atoms with Crippen molar-refractivity contribution in [2.75, 3.05) is 31.3 Å². The van der Waals surface area contributed by atoms with Crippen LogP contribution in [0.5, 0.6) is 0 Å². The highest BCUT2D eigenvalue weighted by Crippen LogP contribution is 2.28. The van der Waals surface area contributed by atoms with Crippen LogP contribution in [-0.2, 0) is 14.2 Å². The lowest BCUT2D eigenvalue weighted by Crippen LogP contribution is -2.59. The van der Waals surface area contributed by atoms with Crippen LogP contribution in [0.15, 0.2) is 0 Å². The summed E-state index contributed by atoms with van der Waals surface area (Å²) < 4.78 is 17.0. The number of hydrogen-bond donors (Lipinski definition) is 3. The molecule has 0 spiro atoms. The van der Waals surface area contributed by atoms with Crippen LogP contribution in [0.3, 0.4) is 0 Å². The van der Waals surface area contributed by atoms with Crippen LogP contribution >= 0.6 is 11.8 Å². The van der Waals surface area contributed by atoms with Crippen LogP contribution in [0.2, 0.25) is 0 Å². The van der Waals surface area contributed by atoms with E-state index in [2.05, 4.69) is 6.92 Å². The molecule has 0 aromatic heterocycles. The molecule has 2 bridgehead atoms. The van der Waals surface area contributed by atoms with Gasteiger partial charge >= 0.3 is 0 Å². The highest BCUT2D eigenvalue weighted by atomic mass is 32.2. The van der Waals surface area contributed by atoms with Crippen LogP contribution in [-0.4, -0.2) is 72.2 Å². The Morgan fingerprint density at radius 1 is 1.18 bits per heavy atom. The molecule has 6 unspecified atom stereocenters. The van der Waals surface area contributed by atoms with Crippen LogP contribution in [0.4, 0.5) is 0 Å². The lowest BCUT2D eigenvalue weighted by molar-refractivity contribution is -0.289. The third-order valence-corrected chi connectivity index (χ3v) is 5.31. The number of aliphatic hydroxyl groups excluding tert-OH is 2. The van der Waals surface area contributed by atoms with Crippen molar-refractivity contribution in [1.82, 2.24) is 0 Å². The minimum Gasteiger partial charge on any atom is -0.387 e. The molecule has 3 heterocycles. The molecule has 0 radical (unpaired) electrons. The van der Waals surface area contributed by atoms with Gasteiger partial charge in [-0.2, -0.15) is 11.8 Å². The molecule has 3 aliphatic heterocycles. The molecule has 6 nitrogen and oxygen atoms in total. The molecule has 22 heavy (non-hydrogen) atoms. The average molecular weight is 335 g/mol. The van der Waals surface area contributed by atoms with Crippen molar-refractivity contribution < 1.29 is 24.4 Å². The molecule has 7 heteroatoms. The maximum absolute atomic E-state index is 10.2. The Hall–Kier alpha value is 0.110. The predicted molar refractivity (Wildman–Crippen MR) is 85.8 cm³/mol. The zero-order chi connectivity index (χ0) is 15.9. The lowest BCUT2D eigenvalue weighted by Gasteiger charge is -2.41. The van der Waals surface area contributed by atoms with E-state index in [4.69, 9.17) is 19.9 Å². The van der Waals surface area contributed by atoms with E-state index in [1.54, 1.807) is 11.8 Å². The second-order valence-electron chi connectivity index (χ2n) is 6.13. The SMILES string of the molecule is CC(CCN)CCSCC1OC2OCCCOC1C(O)C2O. The second-order valence-corrected chi connectivity index (χ2v) is 7.28. The van der Waals surface area contributed by atoms with Gasteiger partial charge in [-0.05, 0) is 37.5 Å². The van der Waals surface area contributed by atoms with Gasteiger partial charge in [0.25, 0.3) is 0 Å². The summed E-state index contributed by atoms with van der Waals surface area (Å²) in [6.45, 7) is 3.93. The van der Waals surface area contributed by atoms with E-state index in [0.29, 0.717) is 19.1 Å². The third-order valence-electron chi connectivity index (χ3n) is 4.22. The largest absolute Gasteiger partial charge is 0.387 e. The van der Waals surface area contributed by atoms with Crippen LogP contribution < -0.4 is 5.73 Å². The summed E-state index contributed by atoms with van der Waals surface area (Å²) in [5.41, 5.74) is 5.56. The monoisotopic (exact) mass is 335 g/mol. The van der Waals surface area contributed by atoms with E-state index in [1.807, 2.05) is 0 Å².